The Balaban J connectivity index is 2.03. The summed E-state index contributed by atoms with van der Waals surface area (Å²) in [5.41, 5.74) is 7.47. The lowest BCUT2D eigenvalue weighted by Gasteiger charge is -2.34. The van der Waals surface area contributed by atoms with Crippen molar-refractivity contribution in [3.63, 3.8) is 0 Å². The van der Waals surface area contributed by atoms with Gasteiger partial charge in [-0.15, -0.1) is 0 Å². The number of ether oxygens (including phenoxy) is 1. The van der Waals surface area contributed by atoms with E-state index in [-0.39, 0.29) is 5.84 Å². The van der Waals surface area contributed by atoms with E-state index in [4.69, 9.17) is 15.9 Å². The lowest BCUT2D eigenvalue weighted by molar-refractivity contribution is 0.132. The summed E-state index contributed by atoms with van der Waals surface area (Å²) in [6.07, 6.45) is 0. The van der Waals surface area contributed by atoms with Crippen LogP contribution >= 0.6 is 0 Å². The Kier molecular flexibility index (Phi) is 4.98. The fourth-order valence-electron chi connectivity index (χ4n) is 2.59. The zero-order valence-corrected chi connectivity index (χ0v) is 12.4. The number of hydrogen-bond acceptors (Lipinski definition) is 4. The minimum absolute atomic E-state index is 0.0551. The number of amidine groups is 1. The first-order chi connectivity index (χ1) is 9.63. The third-order valence-corrected chi connectivity index (χ3v) is 3.87. The molecule has 0 bridgehead atoms. The number of nitrogens with one attached hydrogen (secondary N) is 1. The Morgan fingerprint density at radius 3 is 2.45 bits per heavy atom. The van der Waals surface area contributed by atoms with Gasteiger partial charge in [-0.25, -0.2) is 0 Å². The van der Waals surface area contributed by atoms with Crippen molar-refractivity contribution in [1.82, 2.24) is 9.80 Å². The Morgan fingerprint density at radius 1 is 1.25 bits per heavy atom. The Hall–Kier alpha value is -1.59. The molecule has 1 aliphatic heterocycles. The molecular weight excluding hydrogens is 252 g/mol. The van der Waals surface area contributed by atoms with Gasteiger partial charge in [0, 0.05) is 32.7 Å². The van der Waals surface area contributed by atoms with E-state index < -0.39 is 0 Å². The second-order valence-corrected chi connectivity index (χ2v) is 5.16. The van der Waals surface area contributed by atoms with Gasteiger partial charge in [-0.05, 0) is 24.2 Å². The van der Waals surface area contributed by atoms with Gasteiger partial charge in [0.25, 0.3) is 0 Å². The molecule has 1 aromatic rings. The fourth-order valence-corrected chi connectivity index (χ4v) is 2.59. The molecule has 0 radical (unpaired) electrons. The van der Waals surface area contributed by atoms with E-state index >= 15 is 0 Å². The van der Waals surface area contributed by atoms with Crippen molar-refractivity contribution in [2.24, 2.45) is 5.73 Å². The van der Waals surface area contributed by atoms with Crippen LogP contribution in [-0.4, -0.2) is 55.5 Å². The van der Waals surface area contributed by atoms with Crippen LogP contribution in [0, 0.1) is 5.41 Å². The number of nitrogens with two attached hydrogens (primary N) is 1. The molecule has 110 valence electrons. The van der Waals surface area contributed by atoms with Crippen LogP contribution in [0.4, 0.5) is 0 Å². The molecule has 5 nitrogen and oxygen atoms in total. The predicted octanol–water partition coefficient (Wildman–Crippen LogP) is 1.12. The highest BCUT2D eigenvalue weighted by atomic mass is 16.5. The van der Waals surface area contributed by atoms with E-state index in [0.717, 1.165) is 39.3 Å². The van der Waals surface area contributed by atoms with E-state index in [9.17, 15) is 0 Å². The highest BCUT2D eigenvalue weighted by molar-refractivity contribution is 5.97. The summed E-state index contributed by atoms with van der Waals surface area (Å²) in [6, 6.07) is 5.92. The molecule has 2 rings (SSSR count). The largest absolute Gasteiger partial charge is 0.496 e. The second kappa shape index (κ2) is 6.72. The zero-order chi connectivity index (χ0) is 14.5. The molecule has 0 aliphatic carbocycles. The minimum atomic E-state index is 0.0551. The molecule has 1 aromatic carbocycles. The summed E-state index contributed by atoms with van der Waals surface area (Å²) in [5, 5.41) is 7.62. The van der Waals surface area contributed by atoms with Crippen LogP contribution in [0.3, 0.4) is 0 Å². The molecule has 1 saturated heterocycles. The molecule has 0 unspecified atom stereocenters. The molecule has 1 aliphatic rings. The van der Waals surface area contributed by atoms with Crippen LogP contribution in [0.2, 0.25) is 0 Å². The van der Waals surface area contributed by atoms with Gasteiger partial charge in [-0.3, -0.25) is 10.3 Å². The number of benzene rings is 1. The van der Waals surface area contributed by atoms with E-state index in [1.807, 2.05) is 12.1 Å². The van der Waals surface area contributed by atoms with Crippen molar-refractivity contribution in [1.29, 1.82) is 5.41 Å². The standard InChI is InChI=1S/C15H24N4O/c1-3-18-6-8-19(9-7-18)11-12-4-5-14(20-2)13(10-12)15(16)17/h4-5,10H,3,6-9,11H2,1-2H3,(H3,16,17). The molecule has 3 N–H and O–H groups in total. The first-order valence-electron chi connectivity index (χ1n) is 7.10. The lowest BCUT2D eigenvalue weighted by Crippen LogP contribution is -2.45. The lowest BCUT2D eigenvalue weighted by atomic mass is 10.1. The van der Waals surface area contributed by atoms with Crippen molar-refractivity contribution in [3.05, 3.63) is 29.3 Å². The van der Waals surface area contributed by atoms with Crippen molar-refractivity contribution < 1.29 is 4.74 Å². The summed E-state index contributed by atoms with van der Waals surface area (Å²) < 4.78 is 5.24. The average Bonchev–Trinajstić information content (AvgIpc) is 2.48. The van der Waals surface area contributed by atoms with Crippen molar-refractivity contribution in [2.45, 2.75) is 13.5 Å². The van der Waals surface area contributed by atoms with Crippen LogP contribution in [0.5, 0.6) is 5.75 Å². The first-order valence-corrected chi connectivity index (χ1v) is 7.10. The molecular formula is C15H24N4O. The molecule has 0 saturated carbocycles. The average molecular weight is 276 g/mol. The third kappa shape index (κ3) is 3.49. The maximum absolute atomic E-state index is 7.62. The maximum atomic E-state index is 7.62. The molecule has 20 heavy (non-hydrogen) atoms. The SMILES string of the molecule is CCN1CCN(Cc2ccc(OC)c(C(=N)N)c2)CC1. The van der Waals surface area contributed by atoms with E-state index in [1.165, 1.54) is 5.56 Å². The topological polar surface area (TPSA) is 65.6 Å². The summed E-state index contributed by atoms with van der Waals surface area (Å²) in [4.78, 5) is 4.91. The van der Waals surface area contributed by atoms with Crippen LogP contribution in [0.25, 0.3) is 0 Å². The highest BCUT2D eigenvalue weighted by Crippen LogP contribution is 2.20. The van der Waals surface area contributed by atoms with Gasteiger partial charge < -0.3 is 15.4 Å². The number of hydrogen-bond donors (Lipinski definition) is 2. The molecule has 0 amide bonds. The van der Waals surface area contributed by atoms with Crippen molar-refractivity contribution in [3.8, 4) is 5.75 Å². The predicted molar refractivity (Wildman–Crippen MR) is 81.4 cm³/mol. The van der Waals surface area contributed by atoms with E-state index in [1.54, 1.807) is 7.11 Å². The summed E-state index contributed by atoms with van der Waals surface area (Å²) in [5.74, 6) is 0.719. The second-order valence-electron chi connectivity index (χ2n) is 5.16. The molecule has 1 heterocycles. The number of nitrogens with zero attached hydrogens (tertiary/aromatic N) is 2. The number of piperazine rings is 1. The number of nitrogen functional groups attached to an aromatic ring is 1. The van der Waals surface area contributed by atoms with Gasteiger partial charge in [-0.1, -0.05) is 13.0 Å². The molecule has 1 fully saturated rings. The van der Waals surface area contributed by atoms with Gasteiger partial charge in [-0.2, -0.15) is 0 Å². The Morgan fingerprint density at radius 2 is 1.90 bits per heavy atom. The van der Waals surface area contributed by atoms with Crippen molar-refractivity contribution in [2.75, 3.05) is 39.8 Å². The summed E-state index contributed by atoms with van der Waals surface area (Å²) in [7, 11) is 1.60. The number of methoxy groups -OCH3 is 1. The molecule has 5 heteroatoms. The first kappa shape index (κ1) is 14.8. The minimum Gasteiger partial charge on any atom is -0.496 e. The maximum Gasteiger partial charge on any atom is 0.129 e. The monoisotopic (exact) mass is 276 g/mol. The fraction of sp³-hybridized carbons (Fsp3) is 0.533. The molecule has 0 spiro atoms. The van der Waals surface area contributed by atoms with Gasteiger partial charge in [0.05, 0.1) is 12.7 Å². The van der Waals surface area contributed by atoms with Crippen LogP contribution in [0.1, 0.15) is 18.1 Å². The van der Waals surface area contributed by atoms with E-state index in [0.29, 0.717) is 11.3 Å². The van der Waals surface area contributed by atoms with Crippen LogP contribution in [-0.2, 0) is 6.54 Å². The van der Waals surface area contributed by atoms with Crippen LogP contribution in [0.15, 0.2) is 18.2 Å². The van der Waals surface area contributed by atoms with Gasteiger partial charge in [0.15, 0.2) is 0 Å². The molecule has 0 aromatic heterocycles. The summed E-state index contributed by atoms with van der Waals surface area (Å²) >= 11 is 0. The smallest absolute Gasteiger partial charge is 0.129 e. The molecule has 0 atom stereocenters. The van der Waals surface area contributed by atoms with E-state index in [2.05, 4.69) is 22.8 Å². The van der Waals surface area contributed by atoms with Gasteiger partial charge >= 0.3 is 0 Å². The number of rotatable bonds is 5. The van der Waals surface area contributed by atoms with Crippen molar-refractivity contribution >= 4 is 5.84 Å². The summed E-state index contributed by atoms with van der Waals surface area (Å²) in [6.45, 7) is 8.69. The van der Waals surface area contributed by atoms with Gasteiger partial charge in [0.2, 0.25) is 0 Å². The Labute approximate surface area is 120 Å². The normalized spacial score (nSPS) is 17.1. The van der Waals surface area contributed by atoms with Crippen LogP contribution < -0.4 is 10.5 Å². The highest BCUT2D eigenvalue weighted by Gasteiger charge is 2.16. The van der Waals surface area contributed by atoms with Gasteiger partial charge in [0.1, 0.15) is 11.6 Å². The third-order valence-electron chi connectivity index (χ3n) is 3.87. The Bertz CT molecular complexity index is 467. The quantitative estimate of drug-likeness (QED) is 0.625. The zero-order valence-electron chi connectivity index (χ0n) is 12.4. The number of likely N-dealkylation sites (N-methyl/N-ethyl adjacent to an activating group) is 1.